The summed E-state index contributed by atoms with van der Waals surface area (Å²) in [4.78, 5) is 21.9. The fourth-order valence-electron chi connectivity index (χ4n) is 4.63. The number of urea groups is 1. The van der Waals surface area contributed by atoms with Gasteiger partial charge in [0.1, 0.15) is 11.6 Å². The molecule has 1 aromatic heterocycles. The maximum absolute atomic E-state index is 13.8. The molecule has 10 heteroatoms. The van der Waals surface area contributed by atoms with Crippen molar-refractivity contribution in [2.24, 2.45) is 0 Å². The molecule has 0 atom stereocenters. The molecule has 0 radical (unpaired) electrons. The third kappa shape index (κ3) is 7.58. The van der Waals surface area contributed by atoms with E-state index in [1.54, 1.807) is 37.3 Å². The highest BCUT2D eigenvalue weighted by atomic mass is 19.4. The van der Waals surface area contributed by atoms with Gasteiger partial charge in [-0.1, -0.05) is 50.8 Å². The number of piperazine rings is 1. The third-order valence-corrected chi connectivity index (χ3v) is 6.46. The number of benzene rings is 2. The highest BCUT2D eigenvalue weighted by molar-refractivity contribution is 5.95. The van der Waals surface area contributed by atoms with Gasteiger partial charge in [0.05, 0.1) is 11.6 Å². The second-order valence-electron chi connectivity index (χ2n) is 9.01. The first-order chi connectivity index (χ1) is 19.6. The predicted octanol–water partition coefficient (Wildman–Crippen LogP) is 7.83. The predicted molar refractivity (Wildman–Crippen MR) is 150 cm³/mol. The number of pyridine rings is 1. The van der Waals surface area contributed by atoms with Crippen molar-refractivity contribution in [3.63, 3.8) is 0 Å². The van der Waals surface area contributed by atoms with Gasteiger partial charge in [0.15, 0.2) is 5.82 Å². The summed E-state index contributed by atoms with van der Waals surface area (Å²) < 4.78 is 68.6. The van der Waals surface area contributed by atoms with Crippen LogP contribution >= 0.6 is 0 Å². The summed E-state index contributed by atoms with van der Waals surface area (Å²) in [5.74, 6) is -1.32. The summed E-state index contributed by atoms with van der Waals surface area (Å²) >= 11 is 0. The molecule has 218 valence electrons. The minimum absolute atomic E-state index is 0.0460. The van der Waals surface area contributed by atoms with Gasteiger partial charge < -0.3 is 4.90 Å². The molecule has 1 aliphatic heterocycles. The zero-order valence-electron chi connectivity index (χ0n) is 23.2. The molecule has 2 aromatic carbocycles. The van der Waals surface area contributed by atoms with Crippen LogP contribution < -0.4 is 4.90 Å². The molecule has 2 amide bonds. The van der Waals surface area contributed by atoms with Crippen LogP contribution in [0, 0.1) is 11.6 Å². The lowest BCUT2D eigenvalue weighted by Gasteiger charge is -2.41. The van der Waals surface area contributed by atoms with Crippen LogP contribution in [0.5, 0.6) is 0 Å². The summed E-state index contributed by atoms with van der Waals surface area (Å²) in [5, 5.41) is 0. The normalized spacial score (nSPS) is 14.1. The second-order valence-corrected chi connectivity index (χ2v) is 9.01. The van der Waals surface area contributed by atoms with E-state index < -0.39 is 23.6 Å². The zero-order valence-corrected chi connectivity index (χ0v) is 23.2. The summed E-state index contributed by atoms with van der Waals surface area (Å²) in [6, 6.07) is 13.0. The number of allylic oxidation sites excluding steroid dienone is 2. The topological polar surface area (TPSA) is 39.7 Å². The number of rotatable bonds is 6. The summed E-state index contributed by atoms with van der Waals surface area (Å²) in [5.41, 5.74) is 0.573. The van der Waals surface area contributed by atoms with Crippen LogP contribution in [-0.2, 0) is 6.18 Å². The zero-order chi connectivity index (χ0) is 30.2. The molecule has 1 saturated heterocycles. The van der Waals surface area contributed by atoms with E-state index in [2.05, 4.69) is 16.5 Å². The molecular formula is C31H33F5N4O. The van der Waals surface area contributed by atoms with Crippen LogP contribution in [0.1, 0.15) is 43.5 Å². The van der Waals surface area contributed by atoms with E-state index in [1.165, 1.54) is 41.4 Å². The van der Waals surface area contributed by atoms with E-state index in [0.717, 1.165) is 28.2 Å². The fourth-order valence-corrected chi connectivity index (χ4v) is 4.63. The molecule has 5 nitrogen and oxygen atoms in total. The number of anilines is 1. The number of carbonyl (C=O) groups is 1. The molecule has 0 bridgehead atoms. The second kappa shape index (κ2) is 14.0. The van der Waals surface area contributed by atoms with Gasteiger partial charge in [0.25, 0.3) is 0 Å². The quantitative estimate of drug-likeness (QED) is 0.223. The van der Waals surface area contributed by atoms with Gasteiger partial charge in [-0.15, -0.1) is 0 Å². The number of hydrogen-bond donors (Lipinski definition) is 0. The van der Waals surface area contributed by atoms with E-state index in [-0.39, 0.29) is 36.5 Å². The first kappa shape index (κ1) is 31.5. The molecular weight excluding hydrogens is 539 g/mol. The van der Waals surface area contributed by atoms with Crippen molar-refractivity contribution in [3.05, 3.63) is 120 Å². The number of alkyl halides is 3. The largest absolute Gasteiger partial charge is 0.419 e. The summed E-state index contributed by atoms with van der Waals surface area (Å²) in [7, 11) is 0. The van der Waals surface area contributed by atoms with Gasteiger partial charge in [0.2, 0.25) is 0 Å². The van der Waals surface area contributed by atoms with E-state index in [4.69, 9.17) is 0 Å². The van der Waals surface area contributed by atoms with Crippen molar-refractivity contribution >= 4 is 11.8 Å². The Morgan fingerprint density at radius 3 is 1.90 bits per heavy atom. The molecule has 3 aromatic rings. The lowest BCUT2D eigenvalue weighted by Crippen LogP contribution is -2.53. The van der Waals surface area contributed by atoms with E-state index in [0.29, 0.717) is 13.1 Å². The van der Waals surface area contributed by atoms with Crippen LogP contribution in [0.2, 0.25) is 0 Å². The van der Waals surface area contributed by atoms with Gasteiger partial charge in [-0.3, -0.25) is 4.90 Å². The minimum Gasteiger partial charge on any atom is -0.321 e. The Bertz CT molecular complexity index is 1290. The third-order valence-electron chi connectivity index (χ3n) is 6.46. The Kier molecular flexibility index (Phi) is 10.8. The number of halogens is 5. The number of nitrogens with zero attached hydrogens (tertiary/aromatic N) is 4. The molecule has 2 heterocycles. The number of aromatic nitrogens is 1. The van der Waals surface area contributed by atoms with Crippen LogP contribution in [0.25, 0.3) is 0 Å². The van der Waals surface area contributed by atoms with Gasteiger partial charge in [-0.25, -0.2) is 23.5 Å². The smallest absolute Gasteiger partial charge is 0.321 e. The maximum atomic E-state index is 13.8. The highest BCUT2D eigenvalue weighted by Gasteiger charge is 2.39. The summed E-state index contributed by atoms with van der Waals surface area (Å²) in [6.07, 6.45) is -0.509. The number of amides is 2. The monoisotopic (exact) mass is 572 g/mol. The molecule has 0 spiro atoms. The molecule has 0 saturated carbocycles. The van der Waals surface area contributed by atoms with Crippen molar-refractivity contribution in [2.45, 2.75) is 33.0 Å². The van der Waals surface area contributed by atoms with Crippen molar-refractivity contribution in [2.75, 3.05) is 31.1 Å². The van der Waals surface area contributed by atoms with E-state index in [9.17, 15) is 26.7 Å². The SMILES string of the molecule is C=C(/C=C\C)N(C(=O)N1CCN(C(c2ccc(F)cc2)c2ccc(F)cc2)CC1)c1ncccc1C(F)(F)F.CC. The van der Waals surface area contributed by atoms with Crippen LogP contribution in [-0.4, -0.2) is 47.0 Å². The Labute approximate surface area is 237 Å². The Hall–Kier alpha value is -4.05. The molecule has 0 N–H and O–H groups in total. The minimum atomic E-state index is -4.73. The lowest BCUT2D eigenvalue weighted by atomic mass is 9.96. The summed E-state index contributed by atoms with van der Waals surface area (Å²) in [6.45, 7) is 10.6. The number of carbonyl (C=O) groups excluding carboxylic acids is 1. The van der Waals surface area contributed by atoms with Gasteiger partial charge in [-0.2, -0.15) is 13.2 Å². The van der Waals surface area contributed by atoms with Crippen LogP contribution in [0.3, 0.4) is 0 Å². The molecule has 0 aliphatic carbocycles. The Morgan fingerprint density at radius 1 is 0.927 bits per heavy atom. The average molecular weight is 573 g/mol. The lowest BCUT2D eigenvalue weighted by molar-refractivity contribution is -0.137. The van der Waals surface area contributed by atoms with Crippen molar-refractivity contribution in [3.8, 4) is 0 Å². The Balaban J connectivity index is 0.00000226. The van der Waals surface area contributed by atoms with Gasteiger partial charge in [0, 0.05) is 38.1 Å². The van der Waals surface area contributed by atoms with Crippen molar-refractivity contribution < 1.29 is 26.7 Å². The molecule has 4 rings (SSSR count). The molecule has 41 heavy (non-hydrogen) atoms. The first-order valence-electron chi connectivity index (χ1n) is 13.3. The van der Waals surface area contributed by atoms with Crippen LogP contribution in [0.15, 0.2) is 91.3 Å². The highest BCUT2D eigenvalue weighted by Crippen LogP contribution is 2.37. The van der Waals surface area contributed by atoms with Crippen molar-refractivity contribution in [1.82, 2.24) is 14.8 Å². The number of hydrogen-bond acceptors (Lipinski definition) is 3. The molecule has 1 fully saturated rings. The van der Waals surface area contributed by atoms with Gasteiger partial charge >= 0.3 is 12.2 Å². The molecule has 1 aliphatic rings. The standard InChI is InChI=1S/C29H27F5N4O.C2H6/c1-3-5-20(2)38(27-25(29(32,33)34)6-4-15-35-27)28(39)37-18-16-36(17-19-37)26(21-7-11-23(30)12-8-21)22-9-13-24(31)14-10-22;1-2/h3-15,26H,2,16-19H2,1H3;1-2H3/b5-3-;. The maximum Gasteiger partial charge on any atom is 0.419 e. The molecule has 0 unspecified atom stereocenters. The first-order valence-corrected chi connectivity index (χ1v) is 13.3. The van der Waals surface area contributed by atoms with E-state index in [1.807, 2.05) is 13.8 Å². The van der Waals surface area contributed by atoms with Gasteiger partial charge in [-0.05, 0) is 60.5 Å². The van der Waals surface area contributed by atoms with E-state index >= 15 is 0 Å². The van der Waals surface area contributed by atoms with Crippen LogP contribution in [0.4, 0.5) is 32.6 Å². The fraction of sp³-hybridized carbons (Fsp3) is 0.290. The average Bonchev–Trinajstić information content (AvgIpc) is 2.96. The Morgan fingerprint density at radius 2 is 1.44 bits per heavy atom. The van der Waals surface area contributed by atoms with Crippen molar-refractivity contribution in [1.29, 1.82) is 0 Å².